The zero-order chi connectivity index (χ0) is 14.3. The Balaban J connectivity index is 2.22. The van der Waals surface area contributed by atoms with Gasteiger partial charge in [-0.1, -0.05) is 6.92 Å². The lowest BCUT2D eigenvalue weighted by Crippen LogP contribution is -2.49. The Morgan fingerprint density at radius 3 is 2.37 bits per heavy atom. The summed E-state index contributed by atoms with van der Waals surface area (Å²) in [5.41, 5.74) is -0.353. The van der Waals surface area contributed by atoms with Crippen molar-refractivity contribution in [3.63, 3.8) is 0 Å². The molecule has 0 bridgehead atoms. The van der Waals surface area contributed by atoms with Crippen molar-refractivity contribution < 1.29 is 0 Å². The first-order valence-corrected chi connectivity index (χ1v) is 7.63. The Labute approximate surface area is 118 Å². The summed E-state index contributed by atoms with van der Waals surface area (Å²) in [4.78, 5) is 5.07. The van der Waals surface area contributed by atoms with Crippen molar-refractivity contribution >= 4 is 0 Å². The van der Waals surface area contributed by atoms with E-state index in [1.54, 1.807) is 0 Å². The molecule has 4 heteroatoms. The van der Waals surface area contributed by atoms with Gasteiger partial charge >= 0.3 is 0 Å². The first-order chi connectivity index (χ1) is 9.00. The number of nitriles is 1. The average molecular weight is 266 g/mol. The van der Waals surface area contributed by atoms with Crippen molar-refractivity contribution in [2.45, 2.75) is 52.1 Å². The molecule has 0 amide bonds. The molecule has 1 fully saturated rings. The minimum Gasteiger partial charge on any atom is -0.301 e. The van der Waals surface area contributed by atoms with Crippen LogP contribution in [0.4, 0.5) is 0 Å². The number of hydrogen-bond donors (Lipinski definition) is 1. The summed E-state index contributed by atoms with van der Waals surface area (Å²) >= 11 is 0. The van der Waals surface area contributed by atoms with Crippen LogP contribution >= 0.6 is 0 Å². The van der Waals surface area contributed by atoms with Crippen molar-refractivity contribution in [1.29, 1.82) is 5.26 Å². The maximum absolute atomic E-state index is 9.22. The van der Waals surface area contributed by atoms with Gasteiger partial charge in [0.2, 0.25) is 0 Å². The van der Waals surface area contributed by atoms with E-state index in [-0.39, 0.29) is 5.54 Å². The summed E-state index contributed by atoms with van der Waals surface area (Å²) < 4.78 is 0. The van der Waals surface area contributed by atoms with E-state index in [4.69, 9.17) is 0 Å². The topological polar surface area (TPSA) is 42.3 Å². The lowest BCUT2D eigenvalue weighted by molar-refractivity contribution is 0.106. The third-order valence-corrected chi connectivity index (χ3v) is 4.10. The second-order valence-electron chi connectivity index (χ2n) is 6.05. The molecule has 1 saturated heterocycles. The van der Waals surface area contributed by atoms with Crippen LogP contribution in [0.1, 0.15) is 40.5 Å². The van der Waals surface area contributed by atoms with Gasteiger partial charge in [-0.15, -0.1) is 0 Å². The lowest BCUT2D eigenvalue weighted by Gasteiger charge is -2.37. The molecule has 1 aliphatic heterocycles. The van der Waals surface area contributed by atoms with Crippen LogP contribution in [-0.2, 0) is 0 Å². The Morgan fingerprint density at radius 2 is 1.89 bits per heavy atom. The van der Waals surface area contributed by atoms with Gasteiger partial charge in [-0.2, -0.15) is 5.26 Å². The maximum Gasteiger partial charge on any atom is 0.103 e. The molecule has 1 aliphatic rings. The molecule has 1 N–H and O–H groups in total. The van der Waals surface area contributed by atoms with Gasteiger partial charge in [-0.25, -0.2) is 0 Å². The number of nitrogens with one attached hydrogen (secondary N) is 1. The predicted octanol–water partition coefficient (Wildman–Crippen LogP) is 1.68. The smallest absolute Gasteiger partial charge is 0.103 e. The van der Waals surface area contributed by atoms with Crippen molar-refractivity contribution in [1.82, 2.24) is 15.1 Å². The van der Waals surface area contributed by atoms with Crippen LogP contribution < -0.4 is 5.32 Å². The fourth-order valence-corrected chi connectivity index (χ4v) is 2.73. The highest BCUT2D eigenvalue weighted by Gasteiger charge is 2.23. The SMILES string of the molecule is CCNC(C)(C#N)CCCN1CCN(C(C)C)CC1. The first kappa shape index (κ1) is 16.4. The van der Waals surface area contributed by atoms with E-state index in [1.807, 2.05) is 6.92 Å². The maximum atomic E-state index is 9.22. The highest BCUT2D eigenvalue weighted by atomic mass is 15.3. The normalized spacial score (nSPS) is 21.3. The van der Waals surface area contributed by atoms with E-state index in [1.165, 1.54) is 26.2 Å². The molecule has 0 saturated carbocycles. The largest absolute Gasteiger partial charge is 0.301 e. The van der Waals surface area contributed by atoms with Crippen LogP contribution in [0.25, 0.3) is 0 Å². The van der Waals surface area contributed by atoms with Crippen LogP contribution in [0.5, 0.6) is 0 Å². The summed E-state index contributed by atoms with van der Waals surface area (Å²) in [6, 6.07) is 3.07. The summed E-state index contributed by atoms with van der Waals surface area (Å²) in [6.07, 6.45) is 2.03. The van der Waals surface area contributed by atoms with E-state index in [2.05, 4.69) is 42.0 Å². The van der Waals surface area contributed by atoms with Crippen LogP contribution in [0.2, 0.25) is 0 Å². The minimum absolute atomic E-state index is 0.353. The van der Waals surface area contributed by atoms with E-state index in [0.717, 1.165) is 25.9 Å². The second-order valence-corrected chi connectivity index (χ2v) is 6.05. The van der Waals surface area contributed by atoms with Crippen LogP contribution in [0, 0.1) is 11.3 Å². The van der Waals surface area contributed by atoms with E-state index >= 15 is 0 Å². The van der Waals surface area contributed by atoms with Gasteiger partial charge in [0.25, 0.3) is 0 Å². The van der Waals surface area contributed by atoms with Gasteiger partial charge in [0.1, 0.15) is 5.54 Å². The fourth-order valence-electron chi connectivity index (χ4n) is 2.73. The Hall–Kier alpha value is -0.630. The highest BCUT2D eigenvalue weighted by molar-refractivity contribution is 5.03. The molecule has 4 nitrogen and oxygen atoms in total. The molecule has 1 unspecified atom stereocenters. The third kappa shape index (κ3) is 5.48. The second kappa shape index (κ2) is 7.84. The molecule has 0 aromatic carbocycles. The summed E-state index contributed by atoms with van der Waals surface area (Å²) in [7, 11) is 0. The Kier molecular flexibility index (Phi) is 6.78. The number of hydrogen-bond acceptors (Lipinski definition) is 4. The summed E-state index contributed by atoms with van der Waals surface area (Å²) in [6.45, 7) is 15.3. The molecule has 0 aromatic rings. The van der Waals surface area contributed by atoms with Gasteiger partial charge in [0.15, 0.2) is 0 Å². The highest BCUT2D eigenvalue weighted by Crippen LogP contribution is 2.13. The van der Waals surface area contributed by atoms with Crippen molar-refractivity contribution in [3.8, 4) is 6.07 Å². The summed E-state index contributed by atoms with van der Waals surface area (Å²) in [5, 5.41) is 12.5. The molecule has 0 spiro atoms. The molecule has 0 aliphatic carbocycles. The molecule has 0 radical (unpaired) electrons. The van der Waals surface area contributed by atoms with Gasteiger partial charge in [0.05, 0.1) is 6.07 Å². The molecule has 19 heavy (non-hydrogen) atoms. The van der Waals surface area contributed by atoms with Crippen molar-refractivity contribution in [2.75, 3.05) is 39.3 Å². The zero-order valence-corrected chi connectivity index (χ0v) is 13.1. The zero-order valence-electron chi connectivity index (χ0n) is 13.1. The van der Waals surface area contributed by atoms with E-state index in [9.17, 15) is 5.26 Å². The first-order valence-electron chi connectivity index (χ1n) is 7.63. The molecule has 1 atom stereocenters. The van der Waals surface area contributed by atoms with Gasteiger partial charge in [-0.05, 0) is 46.7 Å². The number of rotatable bonds is 7. The third-order valence-electron chi connectivity index (χ3n) is 4.10. The molecular formula is C15H30N4. The molecule has 1 rings (SSSR count). The van der Waals surface area contributed by atoms with Gasteiger partial charge in [-0.3, -0.25) is 10.2 Å². The van der Waals surface area contributed by atoms with E-state index in [0.29, 0.717) is 6.04 Å². The number of nitrogens with zero attached hydrogens (tertiary/aromatic N) is 3. The Bertz CT molecular complexity index is 289. The van der Waals surface area contributed by atoms with Crippen LogP contribution in [-0.4, -0.2) is 60.6 Å². The fraction of sp³-hybridized carbons (Fsp3) is 0.933. The molecule has 0 aromatic heterocycles. The monoisotopic (exact) mass is 266 g/mol. The van der Waals surface area contributed by atoms with Gasteiger partial charge < -0.3 is 4.90 Å². The van der Waals surface area contributed by atoms with E-state index < -0.39 is 0 Å². The average Bonchev–Trinajstić information content (AvgIpc) is 2.39. The Morgan fingerprint density at radius 1 is 1.26 bits per heavy atom. The van der Waals surface area contributed by atoms with Gasteiger partial charge in [0, 0.05) is 32.2 Å². The van der Waals surface area contributed by atoms with Crippen LogP contribution in [0.3, 0.4) is 0 Å². The van der Waals surface area contributed by atoms with Crippen molar-refractivity contribution in [3.05, 3.63) is 0 Å². The summed E-state index contributed by atoms with van der Waals surface area (Å²) in [5.74, 6) is 0. The minimum atomic E-state index is -0.353. The quantitative estimate of drug-likeness (QED) is 0.761. The lowest BCUT2D eigenvalue weighted by atomic mass is 9.97. The standard InChI is InChI=1S/C15H30N4/c1-5-17-15(4,13-16)7-6-8-18-9-11-19(12-10-18)14(2)3/h14,17H,5-12H2,1-4H3. The predicted molar refractivity (Wildman–Crippen MR) is 80.1 cm³/mol. The number of piperazine rings is 1. The molecular weight excluding hydrogens is 236 g/mol. The molecule has 1 heterocycles. The van der Waals surface area contributed by atoms with Crippen molar-refractivity contribution in [2.24, 2.45) is 0 Å². The molecule has 110 valence electrons. The van der Waals surface area contributed by atoms with Crippen LogP contribution in [0.15, 0.2) is 0 Å².